The predicted molar refractivity (Wildman–Crippen MR) is 132 cm³/mol. The molecule has 2 aromatic rings. The summed E-state index contributed by atoms with van der Waals surface area (Å²) in [7, 11) is 0. The molecule has 2 aliphatic heterocycles. The molecule has 9 nitrogen and oxygen atoms in total. The Hall–Kier alpha value is -3.01. The molecule has 1 saturated heterocycles. The molecule has 2 aliphatic rings. The lowest BCUT2D eigenvalue weighted by atomic mass is 9.95. The number of carboxylic acid groups (broad SMARTS) is 1. The predicted octanol–water partition coefficient (Wildman–Crippen LogP) is 1.99. The maximum atomic E-state index is 10.7. The zero-order valence-corrected chi connectivity index (χ0v) is 19.1. The van der Waals surface area contributed by atoms with E-state index in [1.54, 1.807) is 0 Å². The standard InChI is InChI=1S/C23H30ClN7O2/c24-16-5-8-19-18(14-16)21(28-23(27-19)29-22(25)26)15-3-6-17(7-4-15)31-12-10-30(11-13-31)9-1-2-20(32)33/h3-8,14,21,23,27-28H,1-2,9-13H2,(H,32,33)(H4,25,26,29). The molecule has 2 unspecified atom stereocenters. The van der Waals surface area contributed by atoms with Gasteiger partial charge in [0.05, 0.1) is 6.04 Å². The van der Waals surface area contributed by atoms with Gasteiger partial charge in [-0.25, -0.2) is 4.99 Å². The van der Waals surface area contributed by atoms with Crippen molar-refractivity contribution in [2.45, 2.75) is 25.2 Å². The SMILES string of the molecule is NC(N)=NC1Nc2ccc(Cl)cc2C(c2ccc(N3CCN(CCCC(=O)O)CC3)cc2)N1. The van der Waals surface area contributed by atoms with Crippen LogP contribution in [0.2, 0.25) is 5.02 Å². The number of nitrogens with zero attached hydrogens (tertiary/aromatic N) is 3. The highest BCUT2D eigenvalue weighted by atomic mass is 35.5. The van der Waals surface area contributed by atoms with Crippen LogP contribution in [0.15, 0.2) is 47.5 Å². The van der Waals surface area contributed by atoms with Crippen LogP contribution in [0.4, 0.5) is 11.4 Å². The first-order valence-electron chi connectivity index (χ1n) is 11.1. The van der Waals surface area contributed by atoms with Crippen molar-refractivity contribution in [3.05, 3.63) is 58.6 Å². The van der Waals surface area contributed by atoms with Gasteiger partial charge in [0, 0.05) is 49.0 Å². The highest BCUT2D eigenvalue weighted by molar-refractivity contribution is 6.30. The second kappa shape index (κ2) is 10.3. The largest absolute Gasteiger partial charge is 0.481 e. The fourth-order valence-corrected chi connectivity index (χ4v) is 4.58. The van der Waals surface area contributed by atoms with Gasteiger partial charge in [-0.05, 0) is 54.4 Å². The number of aliphatic imine (C=N–C) groups is 1. The summed E-state index contributed by atoms with van der Waals surface area (Å²) < 4.78 is 0. The van der Waals surface area contributed by atoms with E-state index < -0.39 is 12.3 Å². The molecular formula is C23H30ClN7O2. The van der Waals surface area contributed by atoms with Crippen molar-refractivity contribution in [1.82, 2.24) is 10.2 Å². The van der Waals surface area contributed by atoms with Crippen molar-refractivity contribution in [1.29, 1.82) is 0 Å². The lowest BCUT2D eigenvalue weighted by Gasteiger charge is -2.36. The number of rotatable bonds is 7. The highest BCUT2D eigenvalue weighted by Crippen LogP contribution is 2.35. The van der Waals surface area contributed by atoms with Gasteiger partial charge in [-0.3, -0.25) is 15.0 Å². The number of benzene rings is 2. The smallest absolute Gasteiger partial charge is 0.303 e. The van der Waals surface area contributed by atoms with Crippen LogP contribution in [0.25, 0.3) is 0 Å². The molecule has 0 amide bonds. The maximum absolute atomic E-state index is 10.7. The van der Waals surface area contributed by atoms with Gasteiger partial charge in [-0.1, -0.05) is 23.7 Å². The molecule has 33 heavy (non-hydrogen) atoms. The lowest BCUT2D eigenvalue weighted by Crippen LogP contribution is -2.46. The van der Waals surface area contributed by atoms with E-state index in [-0.39, 0.29) is 18.4 Å². The summed E-state index contributed by atoms with van der Waals surface area (Å²) >= 11 is 6.27. The average Bonchev–Trinajstić information content (AvgIpc) is 2.79. The minimum atomic E-state index is -0.730. The number of hydrogen-bond donors (Lipinski definition) is 5. The van der Waals surface area contributed by atoms with Crippen molar-refractivity contribution in [2.24, 2.45) is 16.5 Å². The van der Waals surface area contributed by atoms with E-state index in [2.05, 4.69) is 49.7 Å². The van der Waals surface area contributed by atoms with Gasteiger partial charge in [-0.2, -0.15) is 0 Å². The molecular weight excluding hydrogens is 442 g/mol. The quantitative estimate of drug-likeness (QED) is 0.306. The third-order valence-electron chi connectivity index (χ3n) is 6.05. The Labute approximate surface area is 198 Å². The topological polar surface area (TPSA) is 132 Å². The number of nitrogens with one attached hydrogen (secondary N) is 2. The molecule has 0 bridgehead atoms. The number of guanidine groups is 1. The van der Waals surface area contributed by atoms with E-state index in [1.807, 2.05) is 18.2 Å². The van der Waals surface area contributed by atoms with Crippen LogP contribution < -0.4 is 27.0 Å². The first kappa shape index (κ1) is 23.2. The number of aliphatic carboxylic acids is 1. The van der Waals surface area contributed by atoms with E-state index in [1.165, 1.54) is 5.69 Å². The molecule has 10 heteroatoms. The van der Waals surface area contributed by atoms with E-state index in [0.29, 0.717) is 11.4 Å². The Morgan fingerprint density at radius 2 is 1.85 bits per heavy atom. The molecule has 0 aliphatic carbocycles. The molecule has 2 aromatic carbocycles. The Morgan fingerprint density at radius 1 is 1.12 bits per heavy atom. The molecule has 0 spiro atoms. The second-order valence-electron chi connectivity index (χ2n) is 8.35. The molecule has 0 radical (unpaired) electrons. The molecule has 0 saturated carbocycles. The van der Waals surface area contributed by atoms with E-state index in [9.17, 15) is 4.79 Å². The molecule has 176 valence electrons. The monoisotopic (exact) mass is 471 g/mol. The van der Waals surface area contributed by atoms with Crippen LogP contribution in [-0.2, 0) is 4.79 Å². The zero-order chi connectivity index (χ0) is 23.4. The second-order valence-corrected chi connectivity index (χ2v) is 8.79. The molecule has 7 N–H and O–H groups in total. The first-order chi connectivity index (χ1) is 15.9. The van der Waals surface area contributed by atoms with E-state index in [0.717, 1.165) is 49.5 Å². The van der Waals surface area contributed by atoms with Crippen molar-refractivity contribution in [3.8, 4) is 0 Å². The fraction of sp³-hybridized carbons (Fsp3) is 0.391. The number of hydrogen-bond acceptors (Lipinski definition) is 6. The number of fused-ring (bicyclic) bond motifs is 1. The summed E-state index contributed by atoms with van der Waals surface area (Å²) in [6.45, 7) is 4.54. The molecule has 1 fully saturated rings. The van der Waals surface area contributed by atoms with Crippen molar-refractivity contribution >= 4 is 34.9 Å². The lowest BCUT2D eigenvalue weighted by molar-refractivity contribution is -0.137. The zero-order valence-electron chi connectivity index (χ0n) is 18.4. The molecule has 2 atom stereocenters. The first-order valence-corrected chi connectivity index (χ1v) is 11.5. The summed E-state index contributed by atoms with van der Waals surface area (Å²) in [5.74, 6) is -0.722. The van der Waals surface area contributed by atoms with Crippen LogP contribution in [-0.4, -0.2) is 60.9 Å². The third kappa shape index (κ3) is 5.87. The average molecular weight is 472 g/mol. The molecule has 0 aromatic heterocycles. The van der Waals surface area contributed by atoms with Crippen LogP contribution in [0.3, 0.4) is 0 Å². The normalized spacial score (nSPS) is 20.6. The number of piperazine rings is 1. The van der Waals surface area contributed by atoms with Gasteiger partial charge in [0.2, 0.25) is 0 Å². The van der Waals surface area contributed by atoms with Crippen LogP contribution in [0, 0.1) is 0 Å². The summed E-state index contributed by atoms with van der Waals surface area (Å²) in [5.41, 5.74) is 15.4. The fourth-order valence-electron chi connectivity index (χ4n) is 4.40. The van der Waals surface area contributed by atoms with Gasteiger partial charge in [0.15, 0.2) is 12.2 Å². The molecule has 4 rings (SSSR count). The van der Waals surface area contributed by atoms with Gasteiger partial charge in [-0.15, -0.1) is 0 Å². The number of anilines is 2. The number of carboxylic acids is 1. The Kier molecular flexibility index (Phi) is 7.22. The summed E-state index contributed by atoms with van der Waals surface area (Å²) in [6.07, 6.45) is 0.479. The van der Waals surface area contributed by atoms with Gasteiger partial charge >= 0.3 is 5.97 Å². The highest BCUT2D eigenvalue weighted by Gasteiger charge is 2.27. The number of carbonyl (C=O) groups is 1. The van der Waals surface area contributed by atoms with E-state index in [4.69, 9.17) is 28.2 Å². The van der Waals surface area contributed by atoms with Gasteiger partial charge in [0.25, 0.3) is 0 Å². The minimum Gasteiger partial charge on any atom is -0.481 e. The summed E-state index contributed by atoms with van der Waals surface area (Å²) in [4.78, 5) is 19.6. The Balaban J connectivity index is 1.44. The molecule has 2 heterocycles. The summed E-state index contributed by atoms with van der Waals surface area (Å²) in [5, 5.41) is 16.2. The Morgan fingerprint density at radius 3 is 2.52 bits per heavy atom. The van der Waals surface area contributed by atoms with Crippen LogP contribution >= 0.6 is 11.6 Å². The maximum Gasteiger partial charge on any atom is 0.303 e. The van der Waals surface area contributed by atoms with Gasteiger partial charge < -0.3 is 26.8 Å². The van der Waals surface area contributed by atoms with Crippen molar-refractivity contribution in [2.75, 3.05) is 42.9 Å². The third-order valence-corrected chi connectivity index (χ3v) is 6.28. The number of nitrogens with two attached hydrogens (primary N) is 2. The Bertz CT molecular complexity index is 1000. The van der Waals surface area contributed by atoms with Crippen LogP contribution in [0.5, 0.6) is 0 Å². The summed E-state index contributed by atoms with van der Waals surface area (Å²) in [6, 6.07) is 14.1. The van der Waals surface area contributed by atoms with Crippen molar-refractivity contribution in [3.63, 3.8) is 0 Å². The minimum absolute atomic E-state index is 0.00798. The van der Waals surface area contributed by atoms with Crippen molar-refractivity contribution < 1.29 is 9.90 Å². The number of halogens is 1. The van der Waals surface area contributed by atoms with Crippen LogP contribution in [0.1, 0.15) is 30.0 Å². The van der Waals surface area contributed by atoms with Gasteiger partial charge in [0.1, 0.15) is 0 Å². The van der Waals surface area contributed by atoms with E-state index >= 15 is 0 Å².